The second-order valence-electron chi connectivity index (χ2n) is 6.28. The molecule has 0 aromatic heterocycles. The normalized spacial score (nSPS) is 11.2. The summed E-state index contributed by atoms with van der Waals surface area (Å²) in [5.74, 6) is -1.79. The molecule has 2 rings (SSSR count). The van der Waals surface area contributed by atoms with Crippen molar-refractivity contribution < 1.29 is 27.7 Å². The van der Waals surface area contributed by atoms with Crippen LogP contribution in [0.25, 0.3) is 0 Å². The van der Waals surface area contributed by atoms with Gasteiger partial charge in [0.05, 0.1) is 9.95 Å². The van der Waals surface area contributed by atoms with Crippen LogP contribution in [0.4, 0.5) is 11.4 Å². The fourth-order valence-electron chi connectivity index (χ4n) is 2.45. The van der Waals surface area contributed by atoms with Gasteiger partial charge < -0.3 is 10.1 Å². The number of nitrogens with zero attached hydrogens (tertiary/aromatic N) is 2. The number of nitro benzene ring substituents is 1. The number of amides is 1. The molecule has 2 aromatic carbocycles. The number of ether oxygens (including phenoxy) is 1. The lowest BCUT2D eigenvalue weighted by Gasteiger charge is -2.14. The fraction of sp³-hybridized carbons (Fsp3) is 0.222. The fourth-order valence-corrected chi connectivity index (χ4v) is 3.84. The number of benzene rings is 2. The van der Waals surface area contributed by atoms with E-state index >= 15 is 0 Å². The molecule has 0 unspecified atom stereocenters. The molecule has 2 aromatic rings. The van der Waals surface area contributed by atoms with Crippen LogP contribution < -0.4 is 5.32 Å². The second-order valence-corrected chi connectivity index (χ2v) is 8.81. The average Bonchev–Trinajstić information content (AvgIpc) is 2.67. The quantitative estimate of drug-likeness (QED) is 0.385. The lowest BCUT2D eigenvalue weighted by molar-refractivity contribution is -0.385. The molecule has 1 amide bonds. The Balaban J connectivity index is 2.13. The highest BCUT2D eigenvalue weighted by Gasteiger charge is 2.25. The zero-order chi connectivity index (χ0) is 22.6. The highest BCUT2D eigenvalue weighted by molar-refractivity contribution is 7.89. The molecule has 0 aliphatic heterocycles. The Morgan fingerprint density at radius 3 is 2.50 bits per heavy atom. The summed E-state index contributed by atoms with van der Waals surface area (Å²) in [7, 11) is -1.18. The molecular weight excluding hydrogens is 438 g/mol. The molecule has 0 fully saturated rings. The van der Waals surface area contributed by atoms with Crippen molar-refractivity contribution in [1.82, 2.24) is 4.31 Å². The molecule has 1 N–H and O–H groups in total. The van der Waals surface area contributed by atoms with E-state index in [1.54, 1.807) is 0 Å². The van der Waals surface area contributed by atoms with Crippen LogP contribution >= 0.6 is 11.6 Å². The molecule has 0 saturated carbocycles. The molecule has 160 valence electrons. The molecule has 0 radical (unpaired) electrons. The first-order valence-corrected chi connectivity index (χ1v) is 10.2. The summed E-state index contributed by atoms with van der Waals surface area (Å²) in [4.78, 5) is 34.5. The number of hydrogen-bond donors (Lipinski definition) is 1. The van der Waals surface area contributed by atoms with Gasteiger partial charge in [0, 0.05) is 25.8 Å². The SMILES string of the molecule is Cc1cccc([N+](=O)[O-])c1C(=O)OCC(=O)Nc1ccc(Cl)c(S(=O)(=O)N(C)C)c1. The summed E-state index contributed by atoms with van der Waals surface area (Å²) in [5, 5.41) is 13.5. The molecule has 30 heavy (non-hydrogen) atoms. The van der Waals surface area contributed by atoms with Crippen LogP contribution in [0.3, 0.4) is 0 Å². The minimum Gasteiger partial charge on any atom is -0.452 e. The molecule has 10 nitrogen and oxygen atoms in total. The van der Waals surface area contributed by atoms with Gasteiger partial charge in [-0.15, -0.1) is 0 Å². The maximum atomic E-state index is 12.3. The molecular formula is C18H18ClN3O7S. The van der Waals surface area contributed by atoms with Crippen LogP contribution in [-0.2, 0) is 19.6 Å². The predicted octanol–water partition coefficient (Wildman–Crippen LogP) is 2.60. The van der Waals surface area contributed by atoms with Crippen molar-refractivity contribution in [2.24, 2.45) is 0 Å². The number of nitrogens with one attached hydrogen (secondary N) is 1. The number of aryl methyl sites for hydroxylation is 1. The third-order valence-corrected chi connectivity index (χ3v) is 6.26. The van der Waals surface area contributed by atoms with Crippen LogP contribution in [0, 0.1) is 17.0 Å². The Morgan fingerprint density at radius 2 is 1.90 bits per heavy atom. The molecule has 0 saturated heterocycles. The van der Waals surface area contributed by atoms with Crippen molar-refractivity contribution >= 4 is 44.9 Å². The van der Waals surface area contributed by atoms with Crippen molar-refractivity contribution in [2.75, 3.05) is 26.0 Å². The summed E-state index contributed by atoms with van der Waals surface area (Å²) in [5.41, 5.74) is -0.244. The highest BCUT2D eigenvalue weighted by Crippen LogP contribution is 2.27. The third-order valence-electron chi connectivity index (χ3n) is 3.96. The van der Waals surface area contributed by atoms with E-state index in [0.29, 0.717) is 5.56 Å². The molecule has 0 heterocycles. The second kappa shape index (κ2) is 9.20. The first-order valence-electron chi connectivity index (χ1n) is 8.38. The van der Waals surface area contributed by atoms with Gasteiger partial charge in [-0.3, -0.25) is 14.9 Å². The van der Waals surface area contributed by atoms with Crippen LogP contribution in [0.2, 0.25) is 5.02 Å². The van der Waals surface area contributed by atoms with Gasteiger partial charge in [-0.1, -0.05) is 23.7 Å². The standard InChI is InChI=1S/C18H18ClN3O7S/c1-11-5-4-6-14(22(25)26)17(11)18(24)29-10-16(23)20-12-7-8-13(19)15(9-12)30(27,28)21(2)3/h4-9H,10H2,1-3H3,(H,20,23). The Bertz CT molecular complexity index is 1120. The first kappa shape index (κ1) is 23.3. The molecule has 0 aliphatic carbocycles. The van der Waals surface area contributed by atoms with Gasteiger partial charge >= 0.3 is 5.97 Å². The number of halogens is 1. The van der Waals surface area contributed by atoms with E-state index in [9.17, 15) is 28.1 Å². The maximum Gasteiger partial charge on any atom is 0.345 e. The third kappa shape index (κ3) is 5.12. The van der Waals surface area contributed by atoms with E-state index < -0.39 is 39.1 Å². The van der Waals surface area contributed by atoms with Crippen molar-refractivity contribution in [1.29, 1.82) is 0 Å². The summed E-state index contributed by atoms with van der Waals surface area (Å²) in [6.45, 7) is 0.771. The monoisotopic (exact) mass is 455 g/mol. The van der Waals surface area contributed by atoms with Gasteiger partial charge in [-0.2, -0.15) is 0 Å². The summed E-state index contributed by atoms with van der Waals surface area (Å²) < 4.78 is 30.4. The Labute approximate surface area is 177 Å². The van der Waals surface area contributed by atoms with Crippen molar-refractivity contribution in [2.45, 2.75) is 11.8 Å². The summed E-state index contributed by atoms with van der Waals surface area (Å²) >= 11 is 5.94. The van der Waals surface area contributed by atoms with Crippen molar-refractivity contribution in [3.05, 3.63) is 62.7 Å². The van der Waals surface area contributed by atoms with Gasteiger partial charge in [0.15, 0.2) is 6.61 Å². The number of carbonyl (C=O) groups excluding carboxylic acids is 2. The maximum absolute atomic E-state index is 12.3. The molecule has 0 bridgehead atoms. The minimum absolute atomic E-state index is 0.0278. The first-order chi connectivity index (χ1) is 13.9. The van der Waals surface area contributed by atoms with E-state index in [2.05, 4.69) is 5.32 Å². The average molecular weight is 456 g/mol. The lowest BCUT2D eigenvalue weighted by atomic mass is 10.1. The lowest BCUT2D eigenvalue weighted by Crippen LogP contribution is -2.24. The van der Waals surface area contributed by atoms with Crippen LogP contribution in [-0.4, -0.2) is 50.2 Å². The molecule has 0 aliphatic rings. The summed E-state index contributed by atoms with van der Waals surface area (Å²) in [6, 6.07) is 7.94. The van der Waals surface area contributed by atoms with Crippen LogP contribution in [0.1, 0.15) is 15.9 Å². The zero-order valence-corrected chi connectivity index (χ0v) is 17.8. The van der Waals surface area contributed by atoms with E-state index in [1.807, 2.05) is 0 Å². The number of sulfonamides is 1. The molecule has 0 spiro atoms. The predicted molar refractivity (Wildman–Crippen MR) is 109 cm³/mol. The number of rotatable bonds is 7. The highest BCUT2D eigenvalue weighted by atomic mass is 35.5. The molecule has 0 atom stereocenters. The van der Waals surface area contributed by atoms with Gasteiger partial charge in [0.25, 0.3) is 11.6 Å². The van der Waals surface area contributed by atoms with E-state index in [0.717, 1.165) is 10.4 Å². The number of carbonyl (C=O) groups is 2. The minimum atomic E-state index is -3.84. The smallest absolute Gasteiger partial charge is 0.345 e. The number of esters is 1. The van der Waals surface area contributed by atoms with Crippen molar-refractivity contribution in [3.8, 4) is 0 Å². The van der Waals surface area contributed by atoms with Crippen LogP contribution in [0.15, 0.2) is 41.3 Å². The van der Waals surface area contributed by atoms with Gasteiger partial charge in [-0.25, -0.2) is 17.5 Å². The number of anilines is 1. The molecule has 12 heteroatoms. The number of nitro groups is 1. The largest absolute Gasteiger partial charge is 0.452 e. The topological polar surface area (TPSA) is 136 Å². The Kier molecular flexibility index (Phi) is 7.13. The van der Waals surface area contributed by atoms with Gasteiger partial charge in [-0.05, 0) is 30.7 Å². The Hall–Kier alpha value is -3.02. The van der Waals surface area contributed by atoms with Crippen molar-refractivity contribution in [3.63, 3.8) is 0 Å². The van der Waals surface area contributed by atoms with E-state index in [1.165, 1.54) is 51.4 Å². The van der Waals surface area contributed by atoms with E-state index in [-0.39, 0.29) is 21.2 Å². The van der Waals surface area contributed by atoms with Gasteiger partial charge in [0.1, 0.15) is 10.5 Å². The van der Waals surface area contributed by atoms with Crippen LogP contribution in [0.5, 0.6) is 0 Å². The Morgan fingerprint density at radius 1 is 1.23 bits per heavy atom. The summed E-state index contributed by atoms with van der Waals surface area (Å²) in [6.07, 6.45) is 0. The van der Waals surface area contributed by atoms with E-state index in [4.69, 9.17) is 16.3 Å². The van der Waals surface area contributed by atoms with Gasteiger partial charge in [0.2, 0.25) is 10.0 Å². The number of hydrogen-bond acceptors (Lipinski definition) is 7. The zero-order valence-electron chi connectivity index (χ0n) is 16.2.